The van der Waals surface area contributed by atoms with E-state index >= 15 is 0 Å². The lowest BCUT2D eigenvalue weighted by Crippen LogP contribution is -2.42. The highest BCUT2D eigenvalue weighted by Crippen LogP contribution is 2.57. The van der Waals surface area contributed by atoms with E-state index in [1.165, 1.54) is 24.2 Å². The minimum Gasteiger partial charge on any atom is -0.0533 e. The summed E-state index contributed by atoms with van der Waals surface area (Å²) in [6.07, 6.45) is 19.0. The molecule has 4 aliphatic rings. The van der Waals surface area contributed by atoms with Crippen molar-refractivity contribution >= 4 is 0 Å². The first-order chi connectivity index (χ1) is 8.93. The summed E-state index contributed by atoms with van der Waals surface area (Å²) in [6, 6.07) is 0. The van der Waals surface area contributed by atoms with Crippen molar-refractivity contribution in [1.82, 2.24) is 0 Å². The monoisotopic (exact) mass is 246 g/mol. The standard InChI is InChI=1S/C18H30/c1-2-5-13-9-11-18-16-8-4-6-14(16)10-12-17(18)15(13)7-3-1/h13-18H,1-12H2. The van der Waals surface area contributed by atoms with E-state index in [0.29, 0.717) is 0 Å². The fraction of sp³-hybridized carbons (Fsp3) is 1.00. The van der Waals surface area contributed by atoms with Crippen LogP contribution in [0.4, 0.5) is 0 Å². The quantitative estimate of drug-likeness (QED) is 0.535. The highest BCUT2D eigenvalue weighted by atomic mass is 14.5. The van der Waals surface area contributed by atoms with Crippen LogP contribution >= 0.6 is 0 Å². The number of rotatable bonds is 0. The summed E-state index contributed by atoms with van der Waals surface area (Å²) in [7, 11) is 0. The highest BCUT2D eigenvalue weighted by Gasteiger charge is 2.47. The van der Waals surface area contributed by atoms with Gasteiger partial charge in [0.15, 0.2) is 0 Å². The fourth-order valence-electron chi connectivity index (χ4n) is 6.63. The first kappa shape index (κ1) is 11.8. The van der Waals surface area contributed by atoms with Crippen LogP contribution in [0.25, 0.3) is 0 Å². The van der Waals surface area contributed by atoms with Crippen LogP contribution in [0.15, 0.2) is 0 Å². The van der Waals surface area contributed by atoms with Gasteiger partial charge in [-0.15, -0.1) is 0 Å². The first-order valence-corrected chi connectivity index (χ1v) is 8.93. The zero-order valence-corrected chi connectivity index (χ0v) is 11.9. The van der Waals surface area contributed by atoms with Gasteiger partial charge in [-0.05, 0) is 74.0 Å². The lowest BCUT2D eigenvalue weighted by atomic mass is 9.55. The third kappa shape index (κ3) is 1.86. The average molecular weight is 246 g/mol. The van der Waals surface area contributed by atoms with Crippen LogP contribution in [0, 0.1) is 35.5 Å². The minimum absolute atomic E-state index is 1.15. The zero-order chi connectivity index (χ0) is 11.9. The molecule has 4 aliphatic carbocycles. The van der Waals surface area contributed by atoms with Gasteiger partial charge in [-0.25, -0.2) is 0 Å². The van der Waals surface area contributed by atoms with Gasteiger partial charge in [0, 0.05) is 0 Å². The molecule has 0 heterocycles. The van der Waals surface area contributed by atoms with Crippen molar-refractivity contribution in [3.8, 4) is 0 Å². The summed E-state index contributed by atoms with van der Waals surface area (Å²) < 4.78 is 0. The van der Waals surface area contributed by atoms with Crippen molar-refractivity contribution in [3.05, 3.63) is 0 Å². The van der Waals surface area contributed by atoms with Crippen molar-refractivity contribution in [1.29, 1.82) is 0 Å². The van der Waals surface area contributed by atoms with E-state index in [-0.39, 0.29) is 0 Å². The van der Waals surface area contributed by atoms with Gasteiger partial charge in [-0.3, -0.25) is 0 Å². The van der Waals surface area contributed by atoms with E-state index in [1.807, 2.05) is 0 Å². The summed E-state index contributed by atoms with van der Waals surface area (Å²) in [5.74, 6) is 6.98. The fourth-order valence-corrected chi connectivity index (χ4v) is 6.63. The second kappa shape index (κ2) is 4.84. The molecule has 0 saturated heterocycles. The number of fused-ring (bicyclic) bond motifs is 5. The topological polar surface area (TPSA) is 0 Å². The SMILES string of the molecule is C1CCC2CCC3C4CCCC4CCC3C2CC1. The maximum absolute atomic E-state index is 1.62. The molecule has 0 spiro atoms. The highest BCUT2D eigenvalue weighted by molar-refractivity contribution is 4.97. The third-order valence-corrected chi connectivity index (χ3v) is 7.33. The Kier molecular flexibility index (Phi) is 3.17. The zero-order valence-electron chi connectivity index (χ0n) is 11.9. The van der Waals surface area contributed by atoms with Gasteiger partial charge in [0.2, 0.25) is 0 Å². The van der Waals surface area contributed by atoms with Gasteiger partial charge in [0.05, 0.1) is 0 Å². The minimum atomic E-state index is 1.15. The summed E-state index contributed by atoms with van der Waals surface area (Å²) >= 11 is 0. The van der Waals surface area contributed by atoms with Crippen LogP contribution in [-0.2, 0) is 0 Å². The van der Waals surface area contributed by atoms with E-state index in [0.717, 1.165) is 17.8 Å². The average Bonchev–Trinajstić information content (AvgIpc) is 2.75. The summed E-state index contributed by atoms with van der Waals surface area (Å²) in [6.45, 7) is 0. The maximum atomic E-state index is 1.62. The molecule has 0 amide bonds. The first-order valence-electron chi connectivity index (χ1n) is 8.93. The van der Waals surface area contributed by atoms with E-state index in [2.05, 4.69) is 0 Å². The predicted molar refractivity (Wildman–Crippen MR) is 76.3 cm³/mol. The van der Waals surface area contributed by atoms with Crippen LogP contribution in [0.3, 0.4) is 0 Å². The molecule has 4 fully saturated rings. The molecule has 18 heavy (non-hydrogen) atoms. The van der Waals surface area contributed by atoms with Gasteiger partial charge in [0.1, 0.15) is 0 Å². The van der Waals surface area contributed by atoms with Gasteiger partial charge in [0.25, 0.3) is 0 Å². The lowest BCUT2D eigenvalue weighted by Gasteiger charge is -2.50. The van der Waals surface area contributed by atoms with Crippen molar-refractivity contribution in [3.63, 3.8) is 0 Å². The van der Waals surface area contributed by atoms with Crippen molar-refractivity contribution in [2.75, 3.05) is 0 Å². The molecular weight excluding hydrogens is 216 g/mol. The van der Waals surface area contributed by atoms with Crippen LogP contribution in [0.5, 0.6) is 0 Å². The number of hydrogen-bond donors (Lipinski definition) is 0. The Bertz CT molecular complexity index is 292. The molecule has 0 bridgehead atoms. The molecular formula is C18H30. The molecule has 102 valence electrons. The van der Waals surface area contributed by atoms with Gasteiger partial charge < -0.3 is 0 Å². The Morgan fingerprint density at radius 3 is 1.61 bits per heavy atom. The molecule has 0 aromatic heterocycles. The molecule has 6 atom stereocenters. The second-order valence-corrected chi connectivity index (χ2v) is 7.90. The molecule has 0 radical (unpaired) electrons. The van der Waals surface area contributed by atoms with Crippen molar-refractivity contribution in [2.45, 2.75) is 77.0 Å². The summed E-state index contributed by atoms with van der Waals surface area (Å²) in [5.41, 5.74) is 0. The normalized spacial score (nSPS) is 52.0. The number of hydrogen-bond acceptors (Lipinski definition) is 0. The molecule has 0 nitrogen and oxygen atoms in total. The predicted octanol–water partition coefficient (Wildman–Crippen LogP) is 5.42. The van der Waals surface area contributed by atoms with Crippen molar-refractivity contribution in [2.24, 2.45) is 35.5 Å². The molecule has 0 aromatic rings. The van der Waals surface area contributed by atoms with E-state index in [4.69, 9.17) is 0 Å². The third-order valence-electron chi connectivity index (χ3n) is 7.33. The van der Waals surface area contributed by atoms with Gasteiger partial charge >= 0.3 is 0 Å². The van der Waals surface area contributed by atoms with E-state index in [9.17, 15) is 0 Å². The summed E-state index contributed by atoms with van der Waals surface area (Å²) in [4.78, 5) is 0. The van der Waals surface area contributed by atoms with Gasteiger partial charge in [-0.2, -0.15) is 0 Å². The van der Waals surface area contributed by atoms with Crippen molar-refractivity contribution < 1.29 is 0 Å². The molecule has 4 rings (SSSR count). The molecule has 0 aliphatic heterocycles. The van der Waals surface area contributed by atoms with Crippen LogP contribution in [0.1, 0.15) is 77.0 Å². The lowest BCUT2D eigenvalue weighted by molar-refractivity contribution is -0.00393. The van der Waals surface area contributed by atoms with Crippen LogP contribution < -0.4 is 0 Å². The Hall–Kier alpha value is 0. The van der Waals surface area contributed by atoms with Crippen LogP contribution in [0.2, 0.25) is 0 Å². The molecule has 4 saturated carbocycles. The smallest absolute Gasteiger partial charge is 0.0352 e. The van der Waals surface area contributed by atoms with Gasteiger partial charge in [-0.1, -0.05) is 38.5 Å². The Morgan fingerprint density at radius 2 is 0.889 bits per heavy atom. The molecule has 0 N–H and O–H groups in total. The second-order valence-electron chi connectivity index (χ2n) is 7.90. The Morgan fingerprint density at radius 1 is 0.333 bits per heavy atom. The summed E-state index contributed by atoms with van der Waals surface area (Å²) in [5, 5.41) is 0. The van der Waals surface area contributed by atoms with E-state index < -0.39 is 0 Å². The maximum Gasteiger partial charge on any atom is -0.0352 e. The Balaban J connectivity index is 1.55. The molecule has 6 unspecified atom stereocenters. The molecule has 0 heteroatoms. The Labute approximate surface area is 113 Å². The van der Waals surface area contributed by atoms with E-state index in [1.54, 1.807) is 70.6 Å². The van der Waals surface area contributed by atoms with Crippen LogP contribution in [-0.4, -0.2) is 0 Å². The largest absolute Gasteiger partial charge is 0.0533 e. The molecule has 0 aromatic carbocycles.